The number of benzene rings is 2. The van der Waals surface area contributed by atoms with Crippen LogP contribution in [0.1, 0.15) is 55.0 Å². The number of piperidine rings is 1. The van der Waals surface area contributed by atoms with Gasteiger partial charge in [0.15, 0.2) is 5.11 Å². The van der Waals surface area contributed by atoms with E-state index in [4.69, 9.17) is 40.4 Å². The molecule has 2 aliphatic rings. The quantitative estimate of drug-likeness (QED) is 0.220. The van der Waals surface area contributed by atoms with Crippen LogP contribution in [0.25, 0.3) is 5.69 Å². The van der Waals surface area contributed by atoms with Crippen molar-refractivity contribution in [3.05, 3.63) is 99.6 Å². The molecule has 218 valence electrons. The molecule has 0 aliphatic carbocycles. The van der Waals surface area contributed by atoms with Gasteiger partial charge in [0.25, 0.3) is 0 Å². The van der Waals surface area contributed by atoms with Crippen molar-refractivity contribution in [1.29, 1.82) is 0 Å². The second-order valence-corrected chi connectivity index (χ2v) is 13.0. The number of phenols is 1. The average molecular weight is 621 g/mol. The molecule has 2 aromatic heterocycles. The second-order valence-electron chi connectivity index (χ2n) is 11.8. The molecule has 0 spiro atoms. The van der Waals surface area contributed by atoms with Crippen LogP contribution >= 0.6 is 35.4 Å². The van der Waals surface area contributed by atoms with Gasteiger partial charge in [-0.1, -0.05) is 43.1 Å². The highest BCUT2D eigenvalue weighted by atomic mass is 35.5. The molecule has 4 heterocycles. The predicted octanol–water partition coefficient (Wildman–Crippen LogP) is 8.16. The van der Waals surface area contributed by atoms with E-state index in [9.17, 15) is 5.11 Å². The van der Waals surface area contributed by atoms with Gasteiger partial charge in [-0.2, -0.15) is 0 Å². The largest absolute Gasteiger partial charge is 0.506 e. The molecule has 2 aromatic carbocycles. The zero-order chi connectivity index (χ0) is 29.7. The lowest BCUT2D eigenvalue weighted by molar-refractivity contribution is 0.357. The molecule has 0 unspecified atom stereocenters. The van der Waals surface area contributed by atoms with Gasteiger partial charge in [-0.05, 0) is 104 Å². The highest BCUT2D eigenvalue weighted by Crippen LogP contribution is 2.45. The first kappa shape index (κ1) is 28.8. The number of rotatable bonds is 5. The van der Waals surface area contributed by atoms with Crippen molar-refractivity contribution in [2.75, 3.05) is 22.9 Å². The van der Waals surface area contributed by atoms with Crippen LogP contribution in [-0.2, 0) is 0 Å². The van der Waals surface area contributed by atoms with E-state index in [0.717, 1.165) is 47.1 Å². The van der Waals surface area contributed by atoms with E-state index >= 15 is 0 Å². The summed E-state index contributed by atoms with van der Waals surface area (Å²) in [6.45, 7) is 10.7. The molecule has 2 N–H and O–H groups in total. The Labute approximate surface area is 262 Å². The van der Waals surface area contributed by atoms with E-state index in [1.165, 1.54) is 6.42 Å². The number of hydrogen-bond donors (Lipinski definition) is 2. The molecule has 6 nitrogen and oxygen atoms in total. The lowest BCUT2D eigenvalue weighted by Gasteiger charge is -2.37. The van der Waals surface area contributed by atoms with Gasteiger partial charge >= 0.3 is 0 Å². The lowest BCUT2D eigenvalue weighted by atomic mass is 9.91. The number of hydrogen-bond acceptors (Lipinski definition) is 4. The first-order valence-corrected chi connectivity index (χ1v) is 15.5. The van der Waals surface area contributed by atoms with Crippen LogP contribution in [0.15, 0.2) is 66.9 Å². The second kappa shape index (κ2) is 11.4. The first-order chi connectivity index (χ1) is 20.1. The first-order valence-electron chi connectivity index (χ1n) is 14.3. The normalized spacial score (nSPS) is 22.5. The summed E-state index contributed by atoms with van der Waals surface area (Å²) in [4.78, 5) is 9.26. The fourth-order valence-electron chi connectivity index (χ4n) is 6.84. The number of pyridine rings is 1. The van der Waals surface area contributed by atoms with Gasteiger partial charge in [0, 0.05) is 41.4 Å². The standard InChI is InChI=1S/C33H35Cl2N5OS/c1-19-13-20(2)18-38(17-19)28-10-9-24(16-26(28)35)40-32(31(37-33(40)42)27-7-5-6-12-36-27)25-14-21(3)39(22(25)4)29-15-23(34)8-11-30(29)41/h5-12,14-16,19-20,31-32,41H,13,17-18H2,1-4H3,(H,37,42)/t19-,20-,31+,32-/m1/s1. The Morgan fingerprint density at radius 2 is 1.71 bits per heavy atom. The smallest absolute Gasteiger partial charge is 0.174 e. The molecular weight excluding hydrogens is 585 g/mol. The van der Waals surface area contributed by atoms with Crippen molar-refractivity contribution in [1.82, 2.24) is 14.9 Å². The van der Waals surface area contributed by atoms with Crippen LogP contribution in [0.3, 0.4) is 0 Å². The Hall–Kier alpha value is -3.26. The Bertz CT molecular complexity index is 1630. The Morgan fingerprint density at radius 3 is 2.40 bits per heavy atom. The van der Waals surface area contributed by atoms with Gasteiger partial charge in [0.1, 0.15) is 5.75 Å². The average Bonchev–Trinajstić information content (AvgIpc) is 3.44. The third-order valence-electron chi connectivity index (χ3n) is 8.48. The number of aryl methyl sites for hydroxylation is 1. The van der Waals surface area contributed by atoms with Crippen molar-refractivity contribution in [3.8, 4) is 11.4 Å². The van der Waals surface area contributed by atoms with Gasteiger partial charge in [-0.15, -0.1) is 0 Å². The third-order valence-corrected chi connectivity index (χ3v) is 9.34. The van der Waals surface area contributed by atoms with Crippen molar-refractivity contribution in [2.45, 2.75) is 46.2 Å². The van der Waals surface area contributed by atoms with Gasteiger partial charge in [0.05, 0.1) is 34.2 Å². The fourth-order valence-corrected chi connectivity index (χ4v) is 7.65. The number of nitrogens with one attached hydrogen (secondary N) is 1. The maximum absolute atomic E-state index is 10.8. The summed E-state index contributed by atoms with van der Waals surface area (Å²) < 4.78 is 2.04. The molecule has 9 heteroatoms. The summed E-state index contributed by atoms with van der Waals surface area (Å²) in [5.41, 5.74) is 6.51. The van der Waals surface area contributed by atoms with Crippen molar-refractivity contribution in [3.63, 3.8) is 0 Å². The molecule has 4 atom stereocenters. The monoisotopic (exact) mass is 619 g/mol. The van der Waals surface area contributed by atoms with Crippen LogP contribution in [0.2, 0.25) is 10.0 Å². The van der Waals surface area contributed by atoms with Crippen LogP contribution in [0.5, 0.6) is 5.75 Å². The van der Waals surface area contributed by atoms with E-state index in [-0.39, 0.29) is 17.8 Å². The van der Waals surface area contributed by atoms with Crippen molar-refractivity contribution >= 4 is 51.9 Å². The third kappa shape index (κ3) is 5.23. The van der Waals surface area contributed by atoms with Crippen LogP contribution < -0.4 is 15.1 Å². The van der Waals surface area contributed by atoms with E-state index < -0.39 is 0 Å². The summed E-state index contributed by atoms with van der Waals surface area (Å²) in [5.74, 6) is 1.41. The van der Waals surface area contributed by atoms with Crippen molar-refractivity contribution in [2.24, 2.45) is 11.8 Å². The molecule has 2 aliphatic heterocycles. The summed E-state index contributed by atoms with van der Waals surface area (Å²) in [5, 5.41) is 16.2. The van der Waals surface area contributed by atoms with E-state index in [1.54, 1.807) is 24.4 Å². The number of aromatic hydroxyl groups is 1. The summed E-state index contributed by atoms with van der Waals surface area (Å²) in [6.07, 6.45) is 3.04. The van der Waals surface area contributed by atoms with Crippen LogP contribution in [-0.4, -0.2) is 32.9 Å². The summed E-state index contributed by atoms with van der Waals surface area (Å²) >= 11 is 19.4. The number of halogens is 2. The maximum Gasteiger partial charge on any atom is 0.174 e. The minimum Gasteiger partial charge on any atom is -0.506 e. The van der Waals surface area contributed by atoms with E-state index in [0.29, 0.717) is 32.7 Å². The van der Waals surface area contributed by atoms with E-state index in [1.807, 2.05) is 35.8 Å². The zero-order valence-electron chi connectivity index (χ0n) is 24.2. The number of aromatic nitrogens is 2. The van der Waals surface area contributed by atoms with Crippen molar-refractivity contribution < 1.29 is 5.11 Å². The van der Waals surface area contributed by atoms with E-state index in [2.05, 4.69) is 54.1 Å². The van der Waals surface area contributed by atoms with Crippen LogP contribution in [0, 0.1) is 25.7 Å². The minimum atomic E-state index is -0.217. The Morgan fingerprint density at radius 1 is 0.952 bits per heavy atom. The molecule has 2 saturated heterocycles. The van der Waals surface area contributed by atoms with Crippen LogP contribution in [0.4, 0.5) is 11.4 Å². The number of phenolic OH excluding ortho intramolecular Hbond substituents is 1. The minimum absolute atomic E-state index is 0.162. The molecule has 6 rings (SSSR count). The molecule has 4 aromatic rings. The SMILES string of the molecule is Cc1cc([C@@H]2[C@H](c3ccccn3)NC(=S)N2c2ccc(N3C[C@H](C)C[C@@H](C)C3)c(Cl)c2)c(C)n1-c1cc(Cl)ccc1O. The Balaban J connectivity index is 1.45. The number of thiocarbonyl (C=S) groups is 1. The lowest BCUT2D eigenvalue weighted by Crippen LogP contribution is -2.38. The summed E-state index contributed by atoms with van der Waals surface area (Å²) in [7, 11) is 0. The van der Waals surface area contributed by atoms with Gasteiger partial charge < -0.3 is 24.8 Å². The topological polar surface area (TPSA) is 56.6 Å². The Kier molecular flexibility index (Phi) is 7.85. The molecule has 2 fully saturated rings. The fraction of sp³-hybridized carbons (Fsp3) is 0.333. The summed E-state index contributed by atoms with van der Waals surface area (Å²) in [6, 6.07) is 19.0. The van der Waals surface area contributed by atoms with Gasteiger partial charge in [-0.3, -0.25) is 4.98 Å². The highest BCUT2D eigenvalue weighted by molar-refractivity contribution is 7.80. The highest BCUT2D eigenvalue weighted by Gasteiger charge is 2.42. The number of anilines is 2. The molecule has 0 amide bonds. The maximum atomic E-state index is 10.8. The number of nitrogens with zero attached hydrogens (tertiary/aromatic N) is 4. The molecule has 0 bridgehead atoms. The molecule has 0 radical (unpaired) electrons. The van der Waals surface area contributed by atoms with Gasteiger partial charge in [-0.25, -0.2) is 0 Å². The predicted molar refractivity (Wildman–Crippen MR) is 176 cm³/mol. The van der Waals surface area contributed by atoms with Gasteiger partial charge in [0.2, 0.25) is 0 Å². The molecular formula is C33H35Cl2N5OS. The molecule has 0 saturated carbocycles. The molecule has 42 heavy (non-hydrogen) atoms. The zero-order valence-corrected chi connectivity index (χ0v) is 26.5.